The van der Waals surface area contributed by atoms with Crippen molar-refractivity contribution in [2.24, 2.45) is 0 Å². The third-order valence-electron chi connectivity index (χ3n) is 7.86. The number of hydrogen-bond donors (Lipinski definition) is 0. The minimum Gasteiger partial charge on any atom is -0.493 e. The molecule has 0 aliphatic heterocycles. The van der Waals surface area contributed by atoms with Gasteiger partial charge < -0.3 is 23.7 Å². The second kappa shape index (κ2) is 16.9. The third kappa shape index (κ3) is 8.25. The second-order valence-electron chi connectivity index (χ2n) is 11.1. The fraction of sp³-hybridized carbons (Fsp3) is 0.250. The Balaban J connectivity index is 1.28. The van der Waals surface area contributed by atoms with Crippen molar-refractivity contribution in [1.82, 2.24) is 4.57 Å². The Morgan fingerprint density at radius 2 is 1.48 bits per heavy atom. The minimum absolute atomic E-state index is 0.358. The van der Waals surface area contributed by atoms with Gasteiger partial charge in [-0.2, -0.15) is 0 Å². The van der Waals surface area contributed by atoms with Crippen LogP contribution in [0.15, 0.2) is 103 Å². The summed E-state index contributed by atoms with van der Waals surface area (Å²) in [5.41, 5.74) is 4.93. The lowest BCUT2D eigenvalue weighted by molar-refractivity contribution is 0.0598. The molecule has 0 aliphatic rings. The third-order valence-corrected chi connectivity index (χ3v) is 7.86. The highest BCUT2D eigenvalue weighted by Gasteiger charge is 2.18. The van der Waals surface area contributed by atoms with Crippen LogP contribution in [0.4, 0.5) is 0 Å². The number of nitrogens with zero attached hydrogens (tertiary/aromatic N) is 1. The van der Waals surface area contributed by atoms with E-state index in [0.29, 0.717) is 49.1 Å². The molecule has 0 bridgehead atoms. The molecule has 1 aromatic heterocycles. The number of rotatable bonds is 17. The van der Waals surface area contributed by atoms with E-state index in [1.807, 2.05) is 78.9 Å². The maximum Gasteiger partial charge on any atom is 0.341 e. The van der Waals surface area contributed by atoms with E-state index < -0.39 is 5.97 Å². The van der Waals surface area contributed by atoms with Crippen LogP contribution in [0, 0.1) is 0 Å². The Bertz CT molecular complexity index is 1810. The van der Waals surface area contributed by atoms with Gasteiger partial charge in [-0.25, -0.2) is 4.79 Å². The van der Waals surface area contributed by atoms with Crippen LogP contribution in [0.1, 0.15) is 53.7 Å². The molecule has 0 atom stereocenters. The van der Waals surface area contributed by atoms with Gasteiger partial charge in [0.05, 0.1) is 26.0 Å². The summed E-state index contributed by atoms with van der Waals surface area (Å²) in [7, 11) is 1.35. The van der Waals surface area contributed by atoms with Crippen LogP contribution >= 0.6 is 0 Å². The van der Waals surface area contributed by atoms with Crippen molar-refractivity contribution in [3.8, 4) is 40.0 Å². The molecule has 8 heteroatoms. The lowest BCUT2D eigenvalue weighted by atomic mass is 10.0. The van der Waals surface area contributed by atoms with Gasteiger partial charge in [-0.1, -0.05) is 68.8 Å². The Morgan fingerprint density at radius 3 is 2.23 bits per heavy atom. The second-order valence-corrected chi connectivity index (χ2v) is 11.1. The highest BCUT2D eigenvalue weighted by Crippen LogP contribution is 2.38. The molecule has 0 aliphatic carbocycles. The molecule has 5 rings (SSSR count). The highest BCUT2D eigenvalue weighted by atomic mass is 16.5. The largest absolute Gasteiger partial charge is 0.493 e. The van der Waals surface area contributed by atoms with E-state index in [2.05, 4.69) is 13.8 Å². The molecule has 4 aromatic carbocycles. The van der Waals surface area contributed by atoms with Crippen LogP contribution in [-0.2, 0) is 29.0 Å². The number of benzene rings is 4. The summed E-state index contributed by atoms with van der Waals surface area (Å²) in [5, 5.41) is 0. The molecular formula is C40H41NO7. The van der Waals surface area contributed by atoms with Gasteiger partial charge in [0.25, 0.3) is 0 Å². The van der Waals surface area contributed by atoms with Crippen molar-refractivity contribution in [1.29, 1.82) is 0 Å². The molecule has 0 fully saturated rings. The molecule has 0 saturated heterocycles. The topological polar surface area (TPSA) is 85.2 Å². The number of methoxy groups -OCH3 is 1. The van der Waals surface area contributed by atoms with E-state index in [0.717, 1.165) is 65.1 Å². The van der Waals surface area contributed by atoms with Crippen LogP contribution in [0.2, 0.25) is 0 Å². The summed E-state index contributed by atoms with van der Waals surface area (Å²) >= 11 is 0. The maximum absolute atomic E-state index is 12.3. The normalized spacial score (nSPS) is 10.7. The highest BCUT2D eigenvalue weighted by molar-refractivity contribution is 5.92. The van der Waals surface area contributed by atoms with Crippen molar-refractivity contribution in [2.45, 2.75) is 46.1 Å². The average molecular weight is 648 g/mol. The number of esters is 1. The predicted molar refractivity (Wildman–Crippen MR) is 186 cm³/mol. The van der Waals surface area contributed by atoms with Crippen LogP contribution in [0.5, 0.6) is 28.7 Å². The zero-order valence-electron chi connectivity index (χ0n) is 27.6. The van der Waals surface area contributed by atoms with Crippen LogP contribution in [0.25, 0.3) is 11.3 Å². The zero-order chi connectivity index (χ0) is 33.7. The molecule has 8 nitrogen and oxygen atoms in total. The van der Waals surface area contributed by atoms with Crippen molar-refractivity contribution in [3.05, 3.63) is 126 Å². The van der Waals surface area contributed by atoms with E-state index in [4.69, 9.17) is 23.7 Å². The molecule has 0 unspecified atom stereocenters. The van der Waals surface area contributed by atoms with Gasteiger partial charge in [0.15, 0.2) is 0 Å². The summed E-state index contributed by atoms with van der Waals surface area (Å²) < 4.78 is 31.6. The first-order valence-electron chi connectivity index (χ1n) is 16.2. The lowest BCUT2D eigenvalue weighted by Gasteiger charge is -2.18. The molecule has 248 valence electrons. The molecule has 0 radical (unpaired) electrons. The van der Waals surface area contributed by atoms with E-state index in [9.17, 15) is 9.59 Å². The summed E-state index contributed by atoms with van der Waals surface area (Å²) in [5.74, 6) is 2.72. The van der Waals surface area contributed by atoms with Gasteiger partial charge in [-0.05, 0) is 66.4 Å². The summed E-state index contributed by atoms with van der Waals surface area (Å²) in [4.78, 5) is 24.0. The smallest absolute Gasteiger partial charge is 0.341 e. The molecule has 48 heavy (non-hydrogen) atoms. The number of para-hydroxylation sites is 1. The summed E-state index contributed by atoms with van der Waals surface area (Å²) in [6, 6.07) is 30.4. The number of aryl methyl sites for hydroxylation is 1. The van der Waals surface area contributed by atoms with Crippen molar-refractivity contribution in [3.63, 3.8) is 0 Å². The van der Waals surface area contributed by atoms with Crippen LogP contribution in [-0.4, -0.2) is 37.3 Å². The molecule has 1 heterocycles. The van der Waals surface area contributed by atoms with Crippen molar-refractivity contribution in [2.75, 3.05) is 20.3 Å². The fourth-order valence-corrected chi connectivity index (χ4v) is 5.43. The average Bonchev–Trinajstić information content (AvgIpc) is 3.61. The molecule has 0 amide bonds. The Hall–Kier alpha value is -5.50. The molecule has 0 spiro atoms. The number of hydrogen-bond acceptors (Lipinski definition) is 7. The van der Waals surface area contributed by atoms with E-state index in [1.54, 1.807) is 29.0 Å². The Kier molecular flexibility index (Phi) is 11.9. The number of aromatic nitrogens is 1. The van der Waals surface area contributed by atoms with E-state index in [1.165, 1.54) is 7.11 Å². The van der Waals surface area contributed by atoms with Gasteiger partial charge in [0.1, 0.15) is 40.9 Å². The summed E-state index contributed by atoms with van der Waals surface area (Å²) in [6.45, 7) is 5.42. The zero-order valence-corrected chi connectivity index (χ0v) is 27.6. The number of ether oxygens (including phenoxy) is 5. The minimum atomic E-state index is -0.457. The Morgan fingerprint density at radius 1 is 0.750 bits per heavy atom. The monoisotopic (exact) mass is 647 g/mol. The first-order chi connectivity index (χ1) is 23.6. The first kappa shape index (κ1) is 33.9. The van der Waals surface area contributed by atoms with Crippen molar-refractivity contribution >= 4 is 12.4 Å². The van der Waals surface area contributed by atoms with E-state index >= 15 is 0 Å². The molecule has 0 saturated carbocycles. The lowest BCUT2D eigenvalue weighted by Crippen LogP contribution is -2.08. The predicted octanol–water partition coefficient (Wildman–Crippen LogP) is 8.71. The van der Waals surface area contributed by atoms with Gasteiger partial charge in [-0.3, -0.25) is 9.36 Å². The molecule has 5 aromatic rings. The molecular weight excluding hydrogens is 606 g/mol. The summed E-state index contributed by atoms with van der Waals surface area (Å²) in [6.07, 6.45) is 5.54. The quantitative estimate of drug-likeness (QED) is 0.0567. The van der Waals surface area contributed by atoms with Gasteiger partial charge in [0.2, 0.25) is 6.41 Å². The molecule has 0 N–H and O–H groups in total. The Labute approximate surface area is 281 Å². The first-order valence-corrected chi connectivity index (χ1v) is 16.2. The maximum atomic E-state index is 12.3. The van der Waals surface area contributed by atoms with Crippen LogP contribution < -0.4 is 18.9 Å². The van der Waals surface area contributed by atoms with E-state index in [-0.39, 0.29) is 0 Å². The van der Waals surface area contributed by atoms with Gasteiger partial charge >= 0.3 is 5.97 Å². The fourth-order valence-electron chi connectivity index (χ4n) is 5.43. The number of carbonyl (C=O) groups is 2. The number of carbonyl (C=O) groups excluding carboxylic acids is 2. The van der Waals surface area contributed by atoms with Gasteiger partial charge in [0, 0.05) is 29.8 Å². The van der Waals surface area contributed by atoms with Gasteiger partial charge in [-0.15, -0.1) is 0 Å². The van der Waals surface area contributed by atoms with Crippen LogP contribution in [0.3, 0.4) is 0 Å². The standard InChI is InChI=1S/C40H41NO7/c1-4-14-31-35(20-11-21-36(31)48-37-19-10-9-17-32(37)40(43)44-3)45-23-13-24-46-38-26-39(47-27-29-15-7-6-8-16-29)33(25-30(38)5-2)34-18-12-22-41(34)28-42/h6-12,15-22,25-26,28H,4-5,13-14,23-24,27H2,1-3H3. The SMILES string of the molecule is CCCc1c(OCCCOc2cc(OCc3ccccc3)c(-c3cccn3C=O)cc2CC)cccc1Oc1ccccc1C(=O)OC. The van der Waals surface area contributed by atoms with Crippen molar-refractivity contribution < 1.29 is 33.3 Å².